The fourth-order valence-corrected chi connectivity index (χ4v) is 4.09. The summed E-state index contributed by atoms with van der Waals surface area (Å²) in [6.07, 6.45) is 4.52. The Morgan fingerprint density at radius 1 is 1.16 bits per heavy atom. The molecule has 8 heteroatoms. The predicted molar refractivity (Wildman–Crippen MR) is 121 cm³/mol. The van der Waals surface area contributed by atoms with Gasteiger partial charge in [0.2, 0.25) is 5.91 Å². The van der Waals surface area contributed by atoms with Gasteiger partial charge in [-0.25, -0.2) is 9.97 Å². The van der Waals surface area contributed by atoms with Gasteiger partial charge in [-0.2, -0.15) is 0 Å². The van der Waals surface area contributed by atoms with Gasteiger partial charge in [-0.3, -0.25) is 9.78 Å². The van der Waals surface area contributed by atoms with Gasteiger partial charge in [-0.1, -0.05) is 23.7 Å². The van der Waals surface area contributed by atoms with Gasteiger partial charge >= 0.3 is 0 Å². The van der Waals surface area contributed by atoms with Crippen molar-refractivity contribution in [3.63, 3.8) is 0 Å². The van der Waals surface area contributed by atoms with E-state index in [0.29, 0.717) is 10.8 Å². The number of hydrogen-bond acceptors (Lipinski definition) is 6. The van der Waals surface area contributed by atoms with Gasteiger partial charge in [-0.05, 0) is 43.0 Å². The van der Waals surface area contributed by atoms with E-state index in [2.05, 4.69) is 9.88 Å². The van der Waals surface area contributed by atoms with Crippen molar-refractivity contribution in [3.05, 3.63) is 59.9 Å². The number of amides is 1. The first-order valence-corrected chi connectivity index (χ1v) is 10.6. The largest absolute Gasteiger partial charge is 0.371 e. The number of halogens is 1. The van der Waals surface area contributed by atoms with Gasteiger partial charge in [0, 0.05) is 54.8 Å². The molecule has 2 aromatic heterocycles. The van der Waals surface area contributed by atoms with Crippen molar-refractivity contribution in [3.8, 4) is 22.6 Å². The Morgan fingerprint density at radius 3 is 2.52 bits per heavy atom. The van der Waals surface area contributed by atoms with Crippen LogP contribution in [-0.2, 0) is 9.53 Å². The third-order valence-electron chi connectivity index (χ3n) is 5.60. The Balaban J connectivity index is 1.65. The number of methoxy groups -OCH3 is 1. The lowest BCUT2D eigenvalue weighted by atomic mass is 9.90. The maximum absolute atomic E-state index is 11.7. The molecule has 1 atom stereocenters. The summed E-state index contributed by atoms with van der Waals surface area (Å²) in [5, 5.41) is 0.676. The van der Waals surface area contributed by atoms with Gasteiger partial charge in [0.1, 0.15) is 11.9 Å². The predicted octanol–water partition coefficient (Wildman–Crippen LogP) is 3.58. The van der Waals surface area contributed by atoms with E-state index in [9.17, 15) is 4.79 Å². The number of benzene rings is 1. The number of carbonyl (C=O) groups excluding carboxylic acids is 1. The minimum absolute atomic E-state index is 0.106. The highest BCUT2D eigenvalue weighted by atomic mass is 35.5. The van der Waals surface area contributed by atoms with Crippen molar-refractivity contribution in [2.24, 2.45) is 11.7 Å². The molecule has 1 fully saturated rings. The summed E-state index contributed by atoms with van der Waals surface area (Å²) < 4.78 is 5.32. The van der Waals surface area contributed by atoms with Crippen LogP contribution in [0.25, 0.3) is 22.6 Å². The van der Waals surface area contributed by atoms with Crippen molar-refractivity contribution >= 4 is 23.3 Å². The summed E-state index contributed by atoms with van der Waals surface area (Å²) >= 11 is 6.06. The number of nitrogens with zero attached hydrogens (tertiary/aromatic N) is 4. The molecule has 0 saturated carbocycles. The minimum Gasteiger partial charge on any atom is -0.371 e. The van der Waals surface area contributed by atoms with E-state index in [0.717, 1.165) is 48.6 Å². The molecule has 0 bridgehead atoms. The number of anilines is 1. The lowest BCUT2D eigenvalue weighted by Crippen LogP contribution is -2.44. The molecule has 2 N–H and O–H groups in total. The van der Waals surface area contributed by atoms with Gasteiger partial charge in [0.15, 0.2) is 5.82 Å². The Bertz CT molecular complexity index is 1040. The van der Waals surface area contributed by atoms with E-state index < -0.39 is 12.0 Å². The molecule has 7 nitrogen and oxygen atoms in total. The van der Waals surface area contributed by atoms with Gasteiger partial charge in [-0.15, -0.1) is 0 Å². The van der Waals surface area contributed by atoms with Crippen molar-refractivity contribution < 1.29 is 9.53 Å². The summed E-state index contributed by atoms with van der Waals surface area (Å²) in [6.45, 7) is 1.50. The monoisotopic (exact) mass is 437 g/mol. The number of carbonyl (C=O) groups is 1. The van der Waals surface area contributed by atoms with E-state index in [4.69, 9.17) is 32.0 Å². The molecule has 1 amide bonds. The number of piperidine rings is 1. The summed E-state index contributed by atoms with van der Waals surface area (Å²) in [5.74, 6) is 1.15. The molecular weight excluding hydrogens is 414 g/mol. The average Bonchev–Trinajstić information content (AvgIpc) is 2.80. The Labute approximate surface area is 186 Å². The average molecular weight is 438 g/mol. The molecule has 0 aliphatic carbocycles. The van der Waals surface area contributed by atoms with Crippen molar-refractivity contribution in [1.29, 1.82) is 0 Å². The Kier molecular flexibility index (Phi) is 6.44. The number of nitrogens with two attached hydrogens (primary N) is 1. The molecule has 1 saturated heterocycles. The highest BCUT2D eigenvalue weighted by Gasteiger charge is 2.30. The highest BCUT2D eigenvalue weighted by Crippen LogP contribution is 2.30. The second kappa shape index (κ2) is 9.41. The second-order valence-corrected chi connectivity index (χ2v) is 8.00. The van der Waals surface area contributed by atoms with Gasteiger partial charge < -0.3 is 15.4 Å². The first-order chi connectivity index (χ1) is 15.0. The molecule has 0 radical (unpaired) electrons. The summed E-state index contributed by atoms with van der Waals surface area (Å²) in [7, 11) is 1.53. The van der Waals surface area contributed by atoms with Gasteiger partial charge in [0.05, 0.1) is 5.69 Å². The van der Waals surface area contributed by atoms with Crippen molar-refractivity contribution in [2.75, 3.05) is 25.1 Å². The molecule has 3 aromatic rings. The first kappa shape index (κ1) is 21.2. The molecule has 1 aromatic carbocycles. The molecule has 0 spiro atoms. The number of rotatable bonds is 6. The second-order valence-electron chi connectivity index (χ2n) is 7.57. The zero-order chi connectivity index (χ0) is 21.8. The Hall–Kier alpha value is -3.03. The van der Waals surface area contributed by atoms with Crippen LogP contribution >= 0.6 is 11.6 Å². The Morgan fingerprint density at radius 2 is 1.90 bits per heavy atom. The molecule has 1 unspecified atom stereocenters. The lowest BCUT2D eigenvalue weighted by Gasteiger charge is -2.35. The fourth-order valence-electron chi connectivity index (χ4n) is 3.96. The van der Waals surface area contributed by atoms with Crippen LogP contribution in [0.3, 0.4) is 0 Å². The summed E-state index contributed by atoms with van der Waals surface area (Å²) in [5.41, 5.74) is 8.11. The topological polar surface area (TPSA) is 94.2 Å². The van der Waals surface area contributed by atoms with Gasteiger partial charge in [0.25, 0.3) is 0 Å². The number of ether oxygens (including phenoxy) is 1. The van der Waals surface area contributed by atoms with E-state index >= 15 is 0 Å². The normalized spacial score (nSPS) is 15.6. The van der Waals surface area contributed by atoms with E-state index in [1.54, 1.807) is 12.4 Å². The fraction of sp³-hybridized carbons (Fsp3) is 0.304. The number of primary amides is 1. The number of pyridine rings is 1. The SMILES string of the molecule is COC(C(N)=O)C1CCN(c2cc(-c3ccc(Cl)cc3)nc(-c3cccnc3)n2)CC1. The van der Waals surface area contributed by atoms with Crippen molar-refractivity contribution in [2.45, 2.75) is 18.9 Å². The van der Waals surface area contributed by atoms with Crippen LogP contribution in [0.5, 0.6) is 0 Å². The molecule has 31 heavy (non-hydrogen) atoms. The summed E-state index contributed by atoms with van der Waals surface area (Å²) in [6, 6.07) is 13.4. The van der Waals surface area contributed by atoms with Crippen molar-refractivity contribution in [1.82, 2.24) is 15.0 Å². The van der Waals surface area contributed by atoms with E-state index in [1.165, 1.54) is 7.11 Å². The summed E-state index contributed by atoms with van der Waals surface area (Å²) in [4.78, 5) is 27.7. The van der Waals surface area contributed by atoms with Crippen LogP contribution in [0, 0.1) is 5.92 Å². The van der Waals surface area contributed by atoms with Crippen LogP contribution < -0.4 is 10.6 Å². The zero-order valence-corrected chi connectivity index (χ0v) is 18.0. The maximum atomic E-state index is 11.7. The zero-order valence-electron chi connectivity index (χ0n) is 17.2. The molecular formula is C23H24ClN5O2. The molecule has 3 heterocycles. The minimum atomic E-state index is -0.553. The maximum Gasteiger partial charge on any atom is 0.246 e. The third kappa shape index (κ3) is 4.84. The van der Waals surface area contributed by atoms with E-state index in [1.807, 2.05) is 42.5 Å². The lowest BCUT2D eigenvalue weighted by molar-refractivity contribution is -0.131. The van der Waals surface area contributed by atoms with Crippen LogP contribution in [0.4, 0.5) is 5.82 Å². The van der Waals surface area contributed by atoms with Crippen LogP contribution in [0.1, 0.15) is 12.8 Å². The molecule has 4 rings (SSSR count). The quantitative estimate of drug-likeness (QED) is 0.633. The highest BCUT2D eigenvalue weighted by molar-refractivity contribution is 6.30. The smallest absolute Gasteiger partial charge is 0.246 e. The molecule has 1 aliphatic heterocycles. The number of hydrogen-bond donors (Lipinski definition) is 1. The first-order valence-electron chi connectivity index (χ1n) is 10.2. The third-order valence-corrected chi connectivity index (χ3v) is 5.85. The van der Waals surface area contributed by atoms with Crippen LogP contribution in [0.2, 0.25) is 5.02 Å². The number of aromatic nitrogens is 3. The van der Waals surface area contributed by atoms with Crippen LogP contribution in [-0.4, -0.2) is 47.2 Å². The standard InChI is InChI=1S/C23H24ClN5O2/c1-31-21(22(25)30)16-8-11-29(12-9-16)20-13-19(15-4-6-18(24)7-5-15)27-23(28-20)17-3-2-10-26-14-17/h2-7,10,13-14,16,21H,8-9,11-12H2,1H3,(H2,25,30). The molecule has 1 aliphatic rings. The molecule has 160 valence electrons. The van der Waals surface area contributed by atoms with E-state index in [-0.39, 0.29) is 5.92 Å². The van der Waals surface area contributed by atoms with Crippen LogP contribution in [0.15, 0.2) is 54.9 Å².